The second-order valence-corrected chi connectivity index (χ2v) is 6.50. The standard InChI is InChI=1S/C15H24O2/c1-14(2,3)12-6-4-9-15(16,10-8-12)13-7-5-11-17-13/h5,7,11-12,16H,4,6,8-10H2,1-3H3. The fourth-order valence-electron chi connectivity index (χ4n) is 2.98. The van der Waals surface area contributed by atoms with Crippen molar-refractivity contribution in [2.45, 2.75) is 58.5 Å². The minimum absolute atomic E-state index is 0.342. The van der Waals surface area contributed by atoms with E-state index in [1.165, 1.54) is 6.42 Å². The molecule has 2 atom stereocenters. The third kappa shape index (κ3) is 2.74. The zero-order valence-corrected chi connectivity index (χ0v) is 11.2. The molecule has 0 radical (unpaired) electrons. The highest BCUT2D eigenvalue weighted by atomic mass is 16.4. The lowest BCUT2D eigenvalue weighted by Crippen LogP contribution is -2.25. The predicted molar refractivity (Wildman–Crippen MR) is 68.6 cm³/mol. The first kappa shape index (κ1) is 12.7. The Morgan fingerprint density at radius 1 is 1.29 bits per heavy atom. The van der Waals surface area contributed by atoms with Crippen LogP contribution in [0.25, 0.3) is 0 Å². The van der Waals surface area contributed by atoms with E-state index >= 15 is 0 Å². The van der Waals surface area contributed by atoms with Crippen LogP contribution in [0.1, 0.15) is 58.6 Å². The summed E-state index contributed by atoms with van der Waals surface area (Å²) >= 11 is 0. The Kier molecular flexibility index (Phi) is 3.35. The summed E-state index contributed by atoms with van der Waals surface area (Å²) in [6.07, 6.45) is 6.68. The molecule has 1 N–H and O–H groups in total. The van der Waals surface area contributed by atoms with Gasteiger partial charge in [-0.05, 0) is 55.6 Å². The van der Waals surface area contributed by atoms with Gasteiger partial charge < -0.3 is 9.52 Å². The predicted octanol–water partition coefficient (Wildman–Crippen LogP) is 4.09. The average molecular weight is 236 g/mol. The molecule has 17 heavy (non-hydrogen) atoms. The van der Waals surface area contributed by atoms with Gasteiger partial charge in [-0.2, -0.15) is 0 Å². The van der Waals surface area contributed by atoms with Crippen molar-refractivity contribution in [3.05, 3.63) is 24.2 Å². The Morgan fingerprint density at radius 2 is 2.06 bits per heavy atom. The highest BCUT2D eigenvalue weighted by Gasteiger charge is 2.37. The normalized spacial score (nSPS) is 31.2. The number of rotatable bonds is 1. The summed E-state index contributed by atoms with van der Waals surface area (Å²) in [4.78, 5) is 0. The largest absolute Gasteiger partial charge is 0.466 e. The maximum Gasteiger partial charge on any atom is 0.135 e. The Morgan fingerprint density at radius 3 is 2.65 bits per heavy atom. The number of aliphatic hydroxyl groups is 1. The van der Waals surface area contributed by atoms with Gasteiger partial charge in [0.15, 0.2) is 0 Å². The van der Waals surface area contributed by atoms with Gasteiger partial charge in [-0.25, -0.2) is 0 Å². The maximum absolute atomic E-state index is 10.7. The first-order chi connectivity index (χ1) is 7.92. The molecule has 1 aromatic heterocycles. The van der Waals surface area contributed by atoms with Crippen LogP contribution in [0.15, 0.2) is 22.8 Å². The van der Waals surface area contributed by atoms with Gasteiger partial charge in [0.25, 0.3) is 0 Å². The second kappa shape index (κ2) is 4.49. The van der Waals surface area contributed by atoms with Crippen molar-refractivity contribution < 1.29 is 9.52 Å². The SMILES string of the molecule is CC(C)(C)C1CCCC(O)(c2ccco2)CC1. The zero-order chi connectivity index (χ0) is 12.5. The van der Waals surface area contributed by atoms with E-state index in [1.54, 1.807) is 6.26 Å². The van der Waals surface area contributed by atoms with E-state index in [0.29, 0.717) is 11.3 Å². The third-order valence-corrected chi connectivity index (χ3v) is 4.25. The second-order valence-electron chi connectivity index (χ2n) is 6.50. The highest BCUT2D eigenvalue weighted by molar-refractivity contribution is 5.10. The monoisotopic (exact) mass is 236 g/mol. The van der Waals surface area contributed by atoms with Gasteiger partial charge in [0, 0.05) is 0 Å². The molecule has 1 saturated carbocycles. The highest BCUT2D eigenvalue weighted by Crippen LogP contribution is 2.43. The molecule has 1 fully saturated rings. The van der Waals surface area contributed by atoms with Crippen LogP contribution >= 0.6 is 0 Å². The molecule has 1 heterocycles. The minimum Gasteiger partial charge on any atom is -0.466 e. The quantitative estimate of drug-likeness (QED) is 0.745. The van der Waals surface area contributed by atoms with Gasteiger partial charge in [0.1, 0.15) is 11.4 Å². The van der Waals surface area contributed by atoms with Crippen molar-refractivity contribution in [3.8, 4) is 0 Å². The van der Waals surface area contributed by atoms with E-state index < -0.39 is 5.60 Å². The van der Waals surface area contributed by atoms with Crippen molar-refractivity contribution in [2.75, 3.05) is 0 Å². The van der Waals surface area contributed by atoms with E-state index in [-0.39, 0.29) is 0 Å². The molecule has 2 nitrogen and oxygen atoms in total. The summed E-state index contributed by atoms with van der Waals surface area (Å²) in [6.45, 7) is 6.90. The van der Waals surface area contributed by atoms with Crippen LogP contribution < -0.4 is 0 Å². The van der Waals surface area contributed by atoms with Gasteiger partial charge >= 0.3 is 0 Å². The number of hydrogen-bond donors (Lipinski definition) is 1. The molecule has 0 amide bonds. The first-order valence-electron chi connectivity index (χ1n) is 6.68. The van der Waals surface area contributed by atoms with Crippen LogP contribution in [0.2, 0.25) is 0 Å². The fourth-order valence-corrected chi connectivity index (χ4v) is 2.98. The number of hydrogen-bond acceptors (Lipinski definition) is 2. The molecular formula is C15H24O2. The van der Waals surface area contributed by atoms with Gasteiger partial charge in [-0.1, -0.05) is 20.8 Å². The van der Waals surface area contributed by atoms with Crippen molar-refractivity contribution in [1.82, 2.24) is 0 Å². The van der Waals surface area contributed by atoms with E-state index in [9.17, 15) is 5.11 Å². The summed E-state index contributed by atoms with van der Waals surface area (Å²) in [7, 11) is 0. The first-order valence-corrected chi connectivity index (χ1v) is 6.68. The molecule has 0 saturated heterocycles. The molecule has 1 aliphatic rings. The van der Waals surface area contributed by atoms with Gasteiger partial charge in [0.05, 0.1) is 6.26 Å². The van der Waals surface area contributed by atoms with E-state index in [0.717, 1.165) is 31.4 Å². The average Bonchev–Trinajstić information content (AvgIpc) is 2.68. The van der Waals surface area contributed by atoms with Crippen molar-refractivity contribution >= 4 is 0 Å². The molecule has 0 spiro atoms. The van der Waals surface area contributed by atoms with Crippen molar-refractivity contribution in [1.29, 1.82) is 0 Å². The van der Waals surface area contributed by atoms with E-state index in [4.69, 9.17) is 4.42 Å². The van der Waals surface area contributed by atoms with Crippen LogP contribution in [-0.2, 0) is 5.60 Å². The van der Waals surface area contributed by atoms with Crippen LogP contribution in [0.3, 0.4) is 0 Å². The van der Waals surface area contributed by atoms with Crippen LogP contribution in [0, 0.1) is 11.3 Å². The lowest BCUT2D eigenvalue weighted by molar-refractivity contribution is -0.00254. The van der Waals surface area contributed by atoms with Gasteiger partial charge in [-0.3, -0.25) is 0 Å². The van der Waals surface area contributed by atoms with Crippen LogP contribution in [0.5, 0.6) is 0 Å². The molecule has 96 valence electrons. The van der Waals surface area contributed by atoms with Crippen molar-refractivity contribution in [3.63, 3.8) is 0 Å². The zero-order valence-electron chi connectivity index (χ0n) is 11.2. The molecule has 2 unspecified atom stereocenters. The lowest BCUT2D eigenvalue weighted by atomic mass is 9.76. The van der Waals surface area contributed by atoms with Gasteiger partial charge in [-0.15, -0.1) is 0 Å². The maximum atomic E-state index is 10.7. The van der Waals surface area contributed by atoms with Crippen LogP contribution in [-0.4, -0.2) is 5.11 Å². The molecule has 0 aromatic carbocycles. The smallest absolute Gasteiger partial charge is 0.135 e. The van der Waals surface area contributed by atoms with Crippen LogP contribution in [0.4, 0.5) is 0 Å². The Balaban J connectivity index is 2.10. The molecule has 2 rings (SSSR count). The third-order valence-electron chi connectivity index (χ3n) is 4.25. The Labute approximate surface area is 104 Å². The Hall–Kier alpha value is -0.760. The minimum atomic E-state index is -0.733. The van der Waals surface area contributed by atoms with Crippen molar-refractivity contribution in [2.24, 2.45) is 11.3 Å². The molecule has 0 aliphatic heterocycles. The molecule has 0 bridgehead atoms. The molecule has 2 heteroatoms. The summed E-state index contributed by atoms with van der Waals surface area (Å²) in [5.41, 5.74) is -0.391. The Bertz CT molecular complexity index is 347. The van der Waals surface area contributed by atoms with E-state index in [2.05, 4.69) is 20.8 Å². The lowest BCUT2D eigenvalue weighted by Gasteiger charge is -2.30. The summed E-state index contributed by atoms with van der Waals surface area (Å²) < 4.78 is 5.40. The molecule has 1 aromatic rings. The number of furan rings is 1. The summed E-state index contributed by atoms with van der Waals surface area (Å²) in [5.74, 6) is 1.44. The fraction of sp³-hybridized carbons (Fsp3) is 0.733. The topological polar surface area (TPSA) is 33.4 Å². The summed E-state index contributed by atoms with van der Waals surface area (Å²) in [5, 5.41) is 10.7. The van der Waals surface area contributed by atoms with Gasteiger partial charge in [0.2, 0.25) is 0 Å². The molecular weight excluding hydrogens is 212 g/mol. The summed E-state index contributed by atoms with van der Waals surface area (Å²) in [6, 6.07) is 3.76. The molecule has 1 aliphatic carbocycles. The van der Waals surface area contributed by atoms with E-state index in [1.807, 2.05) is 12.1 Å².